The summed E-state index contributed by atoms with van der Waals surface area (Å²) in [7, 11) is 1.50. The Morgan fingerprint density at radius 2 is 1.36 bits per heavy atom. The molecule has 0 saturated heterocycles. The monoisotopic (exact) mass is 292 g/mol. The summed E-state index contributed by atoms with van der Waals surface area (Å²) in [5, 5.41) is 0. The van der Waals surface area contributed by atoms with E-state index in [1.54, 1.807) is 0 Å². The zero-order valence-corrected chi connectivity index (χ0v) is 12.8. The molecule has 3 aliphatic carbocycles. The molecule has 2 aromatic rings. The number of methoxy groups -OCH3 is 1. The molecule has 2 nitrogen and oxygen atoms in total. The molecule has 5 rings (SSSR count). The maximum Gasteiger partial charge on any atom is 0.308 e. The summed E-state index contributed by atoms with van der Waals surface area (Å²) < 4.78 is 5.03. The van der Waals surface area contributed by atoms with E-state index in [0.717, 1.165) is 19.3 Å². The number of carbonyl (C=O) groups excluding carboxylic acids is 1. The van der Waals surface area contributed by atoms with Gasteiger partial charge >= 0.3 is 5.97 Å². The highest BCUT2D eigenvalue weighted by Crippen LogP contribution is 2.50. The minimum Gasteiger partial charge on any atom is -0.469 e. The van der Waals surface area contributed by atoms with E-state index >= 15 is 0 Å². The van der Waals surface area contributed by atoms with Gasteiger partial charge in [0.15, 0.2) is 0 Å². The zero-order chi connectivity index (χ0) is 15.1. The van der Waals surface area contributed by atoms with Gasteiger partial charge in [-0.25, -0.2) is 0 Å². The average Bonchev–Trinajstić information content (AvgIpc) is 2.55. The van der Waals surface area contributed by atoms with Crippen molar-refractivity contribution in [1.82, 2.24) is 0 Å². The third-order valence-electron chi connectivity index (χ3n) is 5.35. The van der Waals surface area contributed by atoms with Crippen molar-refractivity contribution in [2.24, 2.45) is 5.92 Å². The number of ether oxygens (including phenoxy) is 1. The summed E-state index contributed by atoms with van der Waals surface area (Å²) in [6.45, 7) is 0. The van der Waals surface area contributed by atoms with Crippen molar-refractivity contribution in [1.29, 1.82) is 0 Å². The van der Waals surface area contributed by atoms with Crippen LogP contribution in [0.3, 0.4) is 0 Å². The Labute approximate surface area is 131 Å². The Hall–Kier alpha value is -2.09. The lowest BCUT2D eigenvalue weighted by Crippen LogP contribution is -2.28. The highest BCUT2D eigenvalue weighted by atomic mass is 16.5. The Morgan fingerprint density at radius 1 is 0.864 bits per heavy atom. The largest absolute Gasteiger partial charge is 0.469 e. The Morgan fingerprint density at radius 3 is 1.86 bits per heavy atom. The van der Waals surface area contributed by atoms with E-state index in [9.17, 15) is 4.79 Å². The van der Waals surface area contributed by atoms with Crippen LogP contribution in [0.25, 0.3) is 0 Å². The summed E-state index contributed by atoms with van der Waals surface area (Å²) in [5.74, 6) is 0.686. The molecule has 0 heterocycles. The summed E-state index contributed by atoms with van der Waals surface area (Å²) in [4.78, 5) is 12.1. The third kappa shape index (κ3) is 1.98. The van der Waals surface area contributed by atoms with Crippen molar-refractivity contribution in [2.75, 3.05) is 7.11 Å². The van der Waals surface area contributed by atoms with E-state index in [1.807, 2.05) is 0 Å². The van der Waals surface area contributed by atoms with Gasteiger partial charge in [-0.3, -0.25) is 4.79 Å². The number of esters is 1. The van der Waals surface area contributed by atoms with E-state index < -0.39 is 0 Å². The first-order valence-electron chi connectivity index (χ1n) is 8.05. The number of hydrogen-bond donors (Lipinski definition) is 0. The van der Waals surface area contributed by atoms with Gasteiger partial charge in [0.1, 0.15) is 0 Å². The van der Waals surface area contributed by atoms with Crippen molar-refractivity contribution in [3.63, 3.8) is 0 Å². The highest BCUT2D eigenvalue weighted by Gasteiger charge is 2.37. The van der Waals surface area contributed by atoms with Gasteiger partial charge in [-0.2, -0.15) is 0 Å². The molecule has 0 aliphatic heterocycles. The lowest BCUT2D eigenvalue weighted by Gasteiger charge is -2.38. The van der Waals surface area contributed by atoms with Crippen molar-refractivity contribution >= 4 is 5.97 Å². The molecule has 0 spiro atoms. The van der Waals surface area contributed by atoms with E-state index in [2.05, 4.69) is 48.5 Å². The van der Waals surface area contributed by atoms with Crippen LogP contribution in [0.4, 0.5) is 0 Å². The maximum atomic E-state index is 12.1. The molecular formula is C20H20O2. The smallest absolute Gasteiger partial charge is 0.308 e. The molecule has 2 heteroatoms. The second-order valence-corrected chi connectivity index (χ2v) is 6.40. The van der Waals surface area contributed by atoms with Gasteiger partial charge in [-0.15, -0.1) is 0 Å². The molecule has 1 atom stereocenters. The van der Waals surface area contributed by atoms with Crippen LogP contribution in [-0.4, -0.2) is 13.1 Å². The fourth-order valence-electron chi connectivity index (χ4n) is 4.34. The van der Waals surface area contributed by atoms with Gasteiger partial charge in [0.05, 0.1) is 13.0 Å². The van der Waals surface area contributed by atoms with Crippen LogP contribution >= 0.6 is 0 Å². The molecule has 22 heavy (non-hydrogen) atoms. The van der Waals surface area contributed by atoms with Crippen LogP contribution < -0.4 is 0 Å². The molecule has 0 aromatic heterocycles. The van der Waals surface area contributed by atoms with Crippen molar-refractivity contribution < 1.29 is 9.53 Å². The van der Waals surface area contributed by atoms with Crippen LogP contribution in [0.15, 0.2) is 48.5 Å². The summed E-state index contributed by atoms with van der Waals surface area (Å²) in [5.41, 5.74) is 5.71. The van der Waals surface area contributed by atoms with Crippen LogP contribution in [-0.2, 0) is 9.53 Å². The fraction of sp³-hybridized carbons (Fsp3) is 0.350. The minimum absolute atomic E-state index is 0.0132. The Bertz CT molecular complexity index is 672. The molecule has 0 N–H and O–H groups in total. The normalized spacial score (nSPS) is 25.6. The zero-order valence-electron chi connectivity index (χ0n) is 12.8. The minimum atomic E-state index is -0.0532. The van der Waals surface area contributed by atoms with E-state index in [0.29, 0.717) is 11.8 Å². The van der Waals surface area contributed by atoms with Gasteiger partial charge in [0.25, 0.3) is 0 Å². The SMILES string of the molecule is COC(=O)C1CCC2c3ccccc3C(C1)c1ccccc12. The Kier molecular flexibility index (Phi) is 3.25. The van der Waals surface area contributed by atoms with Crippen LogP contribution in [0.1, 0.15) is 53.4 Å². The second kappa shape index (κ2) is 5.28. The van der Waals surface area contributed by atoms with Gasteiger partial charge in [-0.1, -0.05) is 48.5 Å². The first kappa shape index (κ1) is 13.6. The quantitative estimate of drug-likeness (QED) is 0.735. The maximum absolute atomic E-state index is 12.1. The molecule has 0 saturated carbocycles. The fourth-order valence-corrected chi connectivity index (χ4v) is 4.34. The molecule has 3 aliphatic rings. The van der Waals surface area contributed by atoms with E-state index in [4.69, 9.17) is 4.74 Å². The first-order valence-corrected chi connectivity index (χ1v) is 8.05. The average molecular weight is 292 g/mol. The highest BCUT2D eigenvalue weighted by molar-refractivity contribution is 5.73. The molecule has 2 bridgehead atoms. The molecule has 0 radical (unpaired) electrons. The lowest BCUT2D eigenvalue weighted by molar-refractivity contribution is -0.146. The molecular weight excluding hydrogens is 272 g/mol. The van der Waals surface area contributed by atoms with E-state index in [1.165, 1.54) is 29.4 Å². The van der Waals surface area contributed by atoms with Crippen molar-refractivity contribution in [3.8, 4) is 0 Å². The van der Waals surface area contributed by atoms with Crippen molar-refractivity contribution in [2.45, 2.75) is 31.1 Å². The number of fused-ring (bicyclic) bond motifs is 3. The number of hydrogen-bond acceptors (Lipinski definition) is 2. The number of carbonyl (C=O) groups is 1. The topological polar surface area (TPSA) is 26.3 Å². The van der Waals surface area contributed by atoms with Gasteiger partial charge < -0.3 is 4.74 Å². The predicted octanol–water partition coefficient (Wildman–Crippen LogP) is 4.24. The van der Waals surface area contributed by atoms with Crippen LogP contribution in [0.2, 0.25) is 0 Å². The van der Waals surface area contributed by atoms with Gasteiger partial charge in [0, 0.05) is 11.8 Å². The second-order valence-electron chi connectivity index (χ2n) is 6.40. The van der Waals surface area contributed by atoms with Gasteiger partial charge in [-0.05, 0) is 41.5 Å². The lowest BCUT2D eigenvalue weighted by atomic mass is 9.65. The molecule has 1 unspecified atom stereocenters. The van der Waals surface area contributed by atoms with Gasteiger partial charge in [0.2, 0.25) is 0 Å². The third-order valence-corrected chi connectivity index (χ3v) is 5.35. The molecule has 112 valence electrons. The first-order chi connectivity index (χ1) is 10.8. The Balaban J connectivity index is 1.88. The predicted molar refractivity (Wildman–Crippen MR) is 85.9 cm³/mol. The van der Waals surface area contributed by atoms with Crippen LogP contribution in [0, 0.1) is 5.92 Å². The summed E-state index contributed by atoms with van der Waals surface area (Å²) in [6, 6.07) is 17.5. The standard InChI is InChI=1S/C20H20O2/c1-22-20(21)13-10-11-18-14-6-2-4-8-16(14)19(12-13)17-9-5-3-7-15(17)18/h2-9,13,18-19H,10-12H2,1H3. The van der Waals surface area contributed by atoms with Crippen LogP contribution in [0.5, 0.6) is 0 Å². The molecule has 0 fully saturated rings. The number of rotatable bonds is 1. The molecule has 2 aromatic carbocycles. The van der Waals surface area contributed by atoms with E-state index in [-0.39, 0.29) is 11.9 Å². The number of benzene rings is 2. The van der Waals surface area contributed by atoms with Crippen molar-refractivity contribution in [3.05, 3.63) is 70.8 Å². The molecule has 0 amide bonds. The summed E-state index contributed by atoms with van der Waals surface area (Å²) in [6.07, 6.45) is 2.78. The summed E-state index contributed by atoms with van der Waals surface area (Å²) >= 11 is 0.